The predicted molar refractivity (Wildman–Crippen MR) is 107 cm³/mol. The molecule has 1 saturated heterocycles. The monoisotopic (exact) mass is 384 g/mol. The number of nitrogens with zero attached hydrogens (tertiary/aromatic N) is 3. The number of carbonyl (C=O) groups is 1. The van der Waals surface area contributed by atoms with Crippen LogP contribution in [0.4, 0.5) is 11.5 Å². The maximum absolute atomic E-state index is 13.1. The quantitative estimate of drug-likeness (QED) is 0.740. The number of benzene rings is 1. The summed E-state index contributed by atoms with van der Waals surface area (Å²) in [7, 11) is 0. The molecule has 0 unspecified atom stereocenters. The van der Waals surface area contributed by atoms with Gasteiger partial charge in [0.2, 0.25) is 0 Å². The fourth-order valence-electron chi connectivity index (χ4n) is 3.38. The van der Waals surface area contributed by atoms with E-state index in [2.05, 4.69) is 21.8 Å². The van der Waals surface area contributed by atoms with Gasteiger partial charge in [-0.1, -0.05) is 17.7 Å². The molecular formula is C20H21ClN4O2. The van der Waals surface area contributed by atoms with E-state index in [1.165, 1.54) is 0 Å². The number of morpholine rings is 1. The minimum Gasteiger partial charge on any atom is -0.378 e. The van der Waals surface area contributed by atoms with Gasteiger partial charge in [-0.25, -0.2) is 4.98 Å². The third kappa shape index (κ3) is 3.50. The van der Waals surface area contributed by atoms with Gasteiger partial charge >= 0.3 is 0 Å². The van der Waals surface area contributed by atoms with Gasteiger partial charge in [0, 0.05) is 48.1 Å². The van der Waals surface area contributed by atoms with Gasteiger partial charge in [0.25, 0.3) is 5.91 Å². The first-order valence-electron chi connectivity index (χ1n) is 9.05. The molecule has 3 heterocycles. The van der Waals surface area contributed by atoms with E-state index in [1.807, 2.05) is 41.4 Å². The first-order valence-corrected chi connectivity index (χ1v) is 9.42. The summed E-state index contributed by atoms with van der Waals surface area (Å²) in [6.45, 7) is 5.20. The number of halogens is 1. The summed E-state index contributed by atoms with van der Waals surface area (Å²) >= 11 is 6.08. The van der Waals surface area contributed by atoms with Crippen LogP contribution in [0.1, 0.15) is 17.3 Å². The SMILES string of the molecule is CCn1ccc2c(Nc3cccc(Cl)c3)ncc(C(=O)N3CCOCC3)c21. The van der Waals surface area contributed by atoms with Crippen molar-refractivity contribution in [2.75, 3.05) is 31.6 Å². The van der Waals surface area contributed by atoms with E-state index >= 15 is 0 Å². The van der Waals surface area contributed by atoms with Crippen LogP contribution >= 0.6 is 11.6 Å². The number of rotatable bonds is 4. The number of hydrogen-bond acceptors (Lipinski definition) is 4. The molecule has 4 rings (SSSR count). The maximum Gasteiger partial charge on any atom is 0.257 e. The van der Waals surface area contributed by atoms with Crippen LogP contribution in [0.15, 0.2) is 42.7 Å². The molecule has 3 aromatic rings. The fourth-order valence-corrected chi connectivity index (χ4v) is 3.57. The Hall–Kier alpha value is -2.57. The van der Waals surface area contributed by atoms with Gasteiger partial charge < -0.3 is 19.5 Å². The van der Waals surface area contributed by atoms with Crippen molar-refractivity contribution in [2.24, 2.45) is 0 Å². The highest BCUT2D eigenvalue weighted by molar-refractivity contribution is 6.30. The Morgan fingerprint density at radius 2 is 2.11 bits per heavy atom. The molecule has 6 nitrogen and oxygen atoms in total. The molecule has 1 aliphatic heterocycles. The second-order valence-electron chi connectivity index (χ2n) is 6.42. The number of aryl methyl sites for hydroxylation is 1. The van der Waals surface area contributed by atoms with Gasteiger partial charge in [-0.2, -0.15) is 0 Å². The number of nitrogens with one attached hydrogen (secondary N) is 1. The molecule has 1 aromatic carbocycles. The molecule has 27 heavy (non-hydrogen) atoms. The van der Waals surface area contributed by atoms with Crippen LogP contribution in [0.3, 0.4) is 0 Å². The number of hydrogen-bond donors (Lipinski definition) is 1. The van der Waals surface area contributed by atoms with Crippen molar-refractivity contribution in [3.63, 3.8) is 0 Å². The largest absolute Gasteiger partial charge is 0.378 e. The zero-order valence-electron chi connectivity index (χ0n) is 15.1. The number of pyridine rings is 1. The third-order valence-corrected chi connectivity index (χ3v) is 4.99. The Morgan fingerprint density at radius 3 is 2.85 bits per heavy atom. The summed E-state index contributed by atoms with van der Waals surface area (Å²) in [4.78, 5) is 19.5. The number of amides is 1. The standard InChI is InChI=1S/C20H21ClN4O2/c1-2-24-7-6-16-18(24)17(20(26)25-8-10-27-11-9-25)13-22-19(16)23-15-5-3-4-14(21)12-15/h3-7,12-13H,2,8-11H2,1H3,(H,22,23). The molecule has 1 fully saturated rings. The van der Waals surface area contributed by atoms with Crippen LogP contribution in [0.5, 0.6) is 0 Å². The molecule has 0 bridgehead atoms. The van der Waals surface area contributed by atoms with Gasteiger partial charge in [-0.05, 0) is 31.2 Å². The van der Waals surface area contributed by atoms with Crippen molar-refractivity contribution in [3.05, 3.63) is 53.3 Å². The zero-order valence-corrected chi connectivity index (χ0v) is 15.9. The van der Waals surface area contributed by atoms with Crippen molar-refractivity contribution in [1.82, 2.24) is 14.5 Å². The molecule has 0 saturated carbocycles. The minimum atomic E-state index is -0.00138. The van der Waals surface area contributed by atoms with Crippen LogP contribution in [0.2, 0.25) is 5.02 Å². The molecule has 140 valence electrons. The van der Waals surface area contributed by atoms with Crippen molar-refractivity contribution >= 4 is 39.9 Å². The summed E-state index contributed by atoms with van der Waals surface area (Å²) in [5.41, 5.74) is 2.37. The Labute approximate surface area is 162 Å². The average Bonchev–Trinajstić information content (AvgIpc) is 3.13. The lowest BCUT2D eigenvalue weighted by Crippen LogP contribution is -2.40. The molecule has 1 aliphatic rings. The second kappa shape index (κ2) is 7.58. The molecule has 0 atom stereocenters. The van der Waals surface area contributed by atoms with Gasteiger partial charge in [-0.3, -0.25) is 4.79 Å². The van der Waals surface area contributed by atoms with E-state index in [4.69, 9.17) is 16.3 Å². The van der Waals surface area contributed by atoms with Gasteiger partial charge in [0.05, 0.1) is 24.3 Å². The van der Waals surface area contributed by atoms with Crippen molar-refractivity contribution in [1.29, 1.82) is 0 Å². The summed E-state index contributed by atoms with van der Waals surface area (Å²) < 4.78 is 7.44. The average molecular weight is 385 g/mol. The highest BCUT2D eigenvalue weighted by Crippen LogP contribution is 2.29. The minimum absolute atomic E-state index is 0.00138. The first kappa shape index (κ1) is 17.8. The van der Waals surface area contributed by atoms with Crippen molar-refractivity contribution < 1.29 is 9.53 Å². The molecular weight excluding hydrogens is 364 g/mol. The number of aromatic nitrogens is 2. The Morgan fingerprint density at radius 1 is 1.30 bits per heavy atom. The van der Waals surface area contributed by atoms with E-state index in [-0.39, 0.29) is 5.91 Å². The smallest absolute Gasteiger partial charge is 0.257 e. The number of carbonyl (C=O) groups excluding carboxylic acids is 1. The van der Waals surface area contributed by atoms with Crippen molar-refractivity contribution in [3.8, 4) is 0 Å². The molecule has 1 amide bonds. The van der Waals surface area contributed by atoms with Gasteiger partial charge in [0.15, 0.2) is 0 Å². The predicted octanol–water partition coefficient (Wildman–Crippen LogP) is 3.93. The van der Waals surface area contributed by atoms with E-state index in [0.29, 0.717) is 42.7 Å². The van der Waals surface area contributed by atoms with E-state index in [1.54, 1.807) is 6.20 Å². The van der Waals surface area contributed by atoms with Gasteiger partial charge in [0.1, 0.15) is 5.82 Å². The lowest BCUT2D eigenvalue weighted by molar-refractivity contribution is 0.0303. The molecule has 2 aromatic heterocycles. The molecule has 0 radical (unpaired) electrons. The highest BCUT2D eigenvalue weighted by atomic mass is 35.5. The summed E-state index contributed by atoms with van der Waals surface area (Å²) in [5.74, 6) is 0.705. The number of fused-ring (bicyclic) bond motifs is 1. The van der Waals surface area contributed by atoms with Crippen LogP contribution in [0, 0.1) is 0 Å². The van der Waals surface area contributed by atoms with E-state index in [9.17, 15) is 4.79 Å². The summed E-state index contributed by atoms with van der Waals surface area (Å²) in [5, 5.41) is 4.88. The lowest BCUT2D eigenvalue weighted by atomic mass is 10.1. The highest BCUT2D eigenvalue weighted by Gasteiger charge is 2.23. The lowest BCUT2D eigenvalue weighted by Gasteiger charge is -2.27. The Kier molecular flexibility index (Phi) is 5.01. The zero-order chi connectivity index (χ0) is 18.8. The number of anilines is 2. The topological polar surface area (TPSA) is 59.4 Å². The fraction of sp³-hybridized carbons (Fsp3) is 0.300. The van der Waals surface area contributed by atoms with Crippen LogP contribution in [-0.2, 0) is 11.3 Å². The third-order valence-electron chi connectivity index (χ3n) is 4.75. The van der Waals surface area contributed by atoms with Crippen molar-refractivity contribution in [2.45, 2.75) is 13.5 Å². The van der Waals surface area contributed by atoms with E-state index in [0.717, 1.165) is 23.1 Å². The second-order valence-corrected chi connectivity index (χ2v) is 6.86. The van der Waals surface area contributed by atoms with E-state index < -0.39 is 0 Å². The Balaban J connectivity index is 1.75. The summed E-state index contributed by atoms with van der Waals surface area (Å²) in [6, 6.07) is 9.49. The molecule has 0 aliphatic carbocycles. The number of ether oxygens (including phenoxy) is 1. The van der Waals surface area contributed by atoms with Crippen LogP contribution < -0.4 is 5.32 Å². The normalized spacial score (nSPS) is 14.5. The first-order chi connectivity index (χ1) is 13.2. The van der Waals surface area contributed by atoms with Crippen LogP contribution in [0.25, 0.3) is 10.9 Å². The maximum atomic E-state index is 13.1. The van der Waals surface area contributed by atoms with Crippen LogP contribution in [-0.4, -0.2) is 46.7 Å². The van der Waals surface area contributed by atoms with Gasteiger partial charge in [-0.15, -0.1) is 0 Å². The summed E-state index contributed by atoms with van der Waals surface area (Å²) in [6.07, 6.45) is 3.66. The molecule has 0 spiro atoms. The Bertz CT molecular complexity index is 979. The molecule has 1 N–H and O–H groups in total. The molecule has 7 heteroatoms.